The topological polar surface area (TPSA) is 48.7 Å². The summed E-state index contributed by atoms with van der Waals surface area (Å²) in [6.45, 7) is 1.86. The van der Waals surface area contributed by atoms with E-state index in [1.807, 2.05) is 12.3 Å². The third-order valence-corrected chi connectivity index (χ3v) is 3.56. The van der Waals surface area contributed by atoms with Crippen molar-refractivity contribution in [1.82, 2.24) is 4.98 Å². The molecule has 0 aliphatic heterocycles. The van der Waals surface area contributed by atoms with Crippen molar-refractivity contribution < 1.29 is 4.39 Å². The summed E-state index contributed by atoms with van der Waals surface area (Å²) in [6, 6.07) is 6.32. The molecule has 0 fully saturated rings. The Hall–Kier alpha value is -1.90. The molecule has 3 nitrogen and oxygen atoms in total. The van der Waals surface area contributed by atoms with Crippen LogP contribution in [0.25, 0.3) is 5.57 Å². The number of nitrogens with one attached hydrogen (secondary N) is 1. The molecule has 0 saturated heterocycles. The maximum Gasteiger partial charge on any atom is 0.141 e. The minimum absolute atomic E-state index is 0.0296. The maximum atomic E-state index is 13.0. The van der Waals surface area contributed by atoms with Crippen molar-refractivity contribution >= 4 is 34.2 Å². The molecule has 0 unspecified atom stereocenters. The van der Waals surface area contributed by atoms with Gasteiger partial charge in [-0.1, -0.05) is 11.6 Å². The zero-order valence-corrected chi connectivity index (χ0v) is 11.5. The van der Waals surface area contributed by atoms with Crippen molar-refractivity contribution in [2.45, 2.75) is 6.92 Å². The summed E-state index contributed by atoms with van der Waals surface area (Å²) in [6.07, 6.45) is 1.53. The van der Waals surface area contributed by atoms with Crippen LogP contribution in [-0.2, 0) is 0 Å². The second kappa shape index (κ2) is 5.83. The number of aromatic nitrogens is 1. The fourth-order valence-corrected chi connectivity index (χ4v) is 2.30. The zero-order chi connectivity index (χ0) is 13.8. The van der Waals surface area contributed by atoms with Gasteiger partial charge < -0.3 is 5.32 Å². The first kappa shape index (κ1) is 13.5. The predicted molar refractivity (Wildman–Crippen MR) is 75.5 cm³/mol. The average molecular weight is 294 g/mol. The van der Waals surface area contributed by atoms with Crippen LogP contribution < -0.4 is 5.32 Å². The van der Waals surface area contributed by atoms with Gasteiger partial charge >= 0.3 is 0 Å². The summed E-state index contributed by atoms with van der Waals surface area (Å²) in [4.78, 5) is 4.23. The first-order valence-electron chi connectivity index (χ1n) is 5.34. The van der Waals surface area contributed by atoms with Crippen LogP contribution in [-0.4, -0.2) is 4.98 Å². The number of benzene rings is 1. The van der Waals surface area contributed by atoms with Crippen LogP contribution in [0.15, 0.2) is 29.8 Å². The molecule has 0 radical (unpaired) electrons. The third-order valence-electron chi connectivity index (χ3n) is 2.27. The van der Waals surface area contributed by atoms with Gasteiger partial charge in [-0.05, 0) is 25.1 Å². The van der Waals surface area contributed by atoms with Gasteiger partial charge in [0.1, 0.15) is 22.5 Å². The fraction of sp³-hybridized carbons (Fsp3) is 0.0769. The molecule has 0 saturated carbocycles. The van der Waals surface area contributed by atoms with Crippen molar-refractivity contribution in [2.24, 2.45) is 0 Å². The van der Waals surface area contributed by atoms with Crippen LogP contribution >= 0.6 is 22.9 Å². The molecule has 0 spiro atoms. The van der Waals surface area contributed by atoms with E-state index >= 15 is 0 Å². The second-order valence-electron chi connectivity index (χ2n) is 3.74. The molecule has 2 aromatic rings. The van der Waals surface area contributed by atoms with Crippen molar-refractivity contribution in [3.8, 4) is 6.07 Å². The van der Waals surface area contributed by atoms with E-state index in [9.17, 15) is 4.39 Å². The number of allylic oxidation sites excluding steroid dienone is 1. The summed E-state index contributed by atoms with van der Waals surface area (Å²) in [5.41, 5.74) is 1.89. The Morgan fingerprint density at radius 2 is 2.37 bits per heavy atom. The van der Waals surface area contributed by atoms with Crippen LogP contribution in [0.4, 0.5) is 10.1 Å². The third kappa shape index (κ3) is 3.31. The van der Waals surface area contributed by atoms with Gasteiger partial charge in [0, 0.05) is 23.0 Å². The van der Waals surface area contributed by atoms with Crippen LogP contribution in [0.2, 0.25) is 5.02 Å². The lowest BCUT2D eigenvalue weighted by atomic mass is 10.3. The largest absolute Gasteiger partial charge is 0.360 e. The molecule has 0 aliphatic carbocycles. The van der Waals surface area contributed by atoms with Crippen molar-refractivity contribution in [3.63, 3.8) is 0 Å². The Balaban J connectivity index is 2.20. The Kier molecular flexibility index (Phi) is 4.15. The number of aryl methyl sites for hydroxylation is 1. The fourth-order valence-electron chi connectivity index (χ4n) is 1.36. The monoisotopic (exact) mass is 293 g/mol. The molecule has 96 valence electrons. The van der Waals surface area contributed by atoms with Gasteiger partial charge in [0.25, 0.3) is 0 Å². The Bertz CT molecular complexity index is 673. The lowest BCUT2D eigenvalue weighted by Crippen LogP contribution is -1.91. The van der Waals surface area contributed by atoms with E-state index in [0.717, 1.165) is 5.69 Å². The maximum absolute atomic E-state index is 13.0. The number of rotatable bonds is 3. The Morgan fingerprint density at radius 3 is 2.95 bits per heavy atom. The highest BCUT2D eigenvalue weighted by Crippen LogP contribution is 2.21. The molecule has 2 rings (SSSR count). The van der Waals surface area contributed by atoms with Gasteiger partial charge in [-0.2, -0.15) is 5.26 Å². The van der Waals surface area contributed by atoms with Crippen LogP contribution in [0, 0.1) is 24.1 Å². The molecule has 19 heavy (non-hydrogen) atoms. The average Bonchev–Trinajstić information content (AvgIpc) is 2.81. The molecule has 1 aromatic heterocycles. The number of halogens is 2. The number of nitrogens with zero attached hydrogens (tertiary/aromatic N) is 2. The summed E-state index contributed by atoms with van der Waals surface area (Å²) < 4.78 is 13.0. The van der Waals surface area contributed by atoms with Gasteiger partial charge in [0.2, 0.25) is 0 Å². The quantitative estimate of drug-likeness (QED) is 0.862. The van der Waals surface area contributed by atoms with Gasteiger partial charge in [-0.25, -0.2) is 9.37 Å². The smallest absolute Gasteiger partial charge is 0.141 e. The molecule has 0 bridgehead atoms. The van der Waals surface area contributed by atoms with Crippen molar-refractivity contribution in [2.75, 3.05) is 5.32 Å². The van der Waals surface area contributed by atoms with Crippen LogP contribution in [0.3, 0.4) is 0 Å². The SMILES string of the molecule is Cc1csc(/C(C#N)=C/Nc2ccc(F)c(Cl)c2)n1. The number of hydrogen-bond acceptors (Lipinski definition) is 4. The summed E-state index contributed by atoms with van der Waals surface area (Å²) in [7, 11) is 0. The predicted octanol–water partition coefficient (Wildman–Crippen LogP) is 4.22. The molecule has 6 heteroatoms. The molecule has 1 aromatic carbocycles. The second-order valence-corrected chi connectivity index (χ2v) is 5.00. The summed E-state index contributed by atoms with van der Waals surface area (Å²) in [5, 5.41) is 14.5. The van der Waals surface area contributed by atoms with E-state index in [0.29, 0.717) is 16.3 Å². The minimum Gasteiger partial charge on any atom is -0.360 e. The first-order valence-corrected chi connectivity index (χ1v) is 6.60. The van der Waals surface area contributed by atoms with Crippen LogP contribution in [0.5, 0.6) is 0 Å². The molecule has 0 atom stereocenters. The van der Waals surface area contributed by atoms with E-state index in [4.69, 9.17) is 16.9 Å². The number of nitriles is 1. The Labute approximate surface area is 119 Å². The standard InChI is InChI=1S/C13H9ClFN3S/c1-8-7-19-13(18-8)9(5-16)6-17-10-2-3-12(15)11(14)4-10/h2-4,6-7,17H,1H3/b9-6+. The highest BCUT2D eigenvalue weighted by Gasteiger charge is 2.05. The lowest BCUT2D eigenvalue weighted by molar-refractivity contribution is 0.628. The van der Waals surface area contributed by atoms with Gasteiger partial charge in [0.05, 0.1) is 5.02 Å². The van der Waals surface area contributed by atoms with Gasteiger partial charge in [-0.3, -0.25) is 0 Å². The van der Waals surface area contributed by atoms with Crippen LogP contribution in [0.1, 0.15) is 10.7 Å². The summed E-state index contributed by atoms with van der Waals surface area (Å²) in [5.74, 6) is -0.479. The molecule has 1 heterocycles. The Morgan fingerprint density at radius 1 is 1.58 bits per heavy atom. The van der Waals surface area contributed by atoms with Crippen molar-refractivity contribution in [3.05, 3.63) is 51.3 Å². The number of anilines is 1. The lowest BCUT2D eigenvalue weighted by Gasteiger charge is -2.02. The van der Waals surface area contributed by atoms with E-state index in [1.54, 1.807) is 6.07 Å². The van der Waals surface area contributed by atoms with E-state index < -0.39 is 5.82 Å². The van der Waals surface area contributed by atoms with Gasteiger partial charge in [-0.15, -0.1) is 11.3 Å². The van der Waals surface area contributed by atoms with E-state index in [-0.39, 0.29) is 5.02 Å². The first-order chi connectivity index (χ1) is 9.10. The highest BCUT2D eigenvalue weighted by atomic mass is 35.5. The van der Waals surface area contributed by atoms with E-state index in [2.05, 4.69) is 16.4 Å². The van der Waals surface area contributed by atoms with Crippen molar-refractivity contribution in [1.29, 1.82) is 5.26 Å². The summed E-state index contributed by atoms with van der Waals surface area (Å²) >= 11 is 7.07. The number of thiazole rings is 1. The normalized spacial score (nSPS) is 11.2. The molecule has 0 aliphatic rings. The highest BCUT2D eigenvalue weighted by molar-refractivity contribution is 7.10. The molecule has 0 amide bonds. The zero-order valence-electron chi connectivity index (χ0n) is 9.95. The van der Waals surface area contributed by atoms with Gasteiger partial charge in [0.15, 0.2) is 0 Å². The number of hydrogen-bond donors (Lipinski definition) is 1. The molecular formula is C13H9ClFN3S. The molecular weight excluding hydrogens is 285 g/mol. The van der Waals surface area contributed by atoms with E-state index in [1.165, 1.54) is 29.7 Å². The molecule has 1 N–H and O–H groups in total. The minimum atomic E-state index is -0.479.